The van der Waals surface area contributed by atoms with Crippen LogP contribution in [0.5, 0.6) is 0 Å². The number of alkyl halides is 3. The molecule has 1 aromatic rings. The number of aliphatic hydroxyl groups excluding tert-OH is 1. The zero-order chi connectivity index (χ0) is 14.5. The van der Waals surface area contributed by atoms with Crippen molar-refractivity contribution in [3.8, 4) is 0 Å². The molecule has 0 aromatic heterocycles. The number of nitrogens with zero attached hydrogens (tertiary/aromatic N) is 1. The summed E-state index contributed by atoms with van der Waals surface area (Å²) in [6.07, 6.45) is -4.29. The molecule has 0 radical (unpaired) electrons. The number of rotatable bonds is 6. The van der Waals surface area contributed by atoms with Crippen LogP contribution >= 0.6 is 0 Å². The normalized spacial score (nSPS) is 13.4. The molecular formula is C13H19F3N2O. The van der Waals surface area contributed by atoms with Crippen molar-refractivity contribution in [3.63, 3.8) is 0 Å². The molecule has 1 aromatic carbocycles. The van der Waals surface area contributed by atoms with Crippen LogP contribution in [-0.4, -0.2) is 38.0 Å². The van der Waals surface area contributed by atoms with Crippen LogP contribution in [0.25, 0.3) is 0 Å². The van der Waals surface area contributed by atoms with Gasteiger partial charge in [0, 0.05) is 18.3 Å². The highest BCUT2D eigenvalue weighted by Crippen LogP contribution is 2.23. The Morgan fingerprint density at radius 1 is 1.26 bits per heavy atom. The summed E-state index contributed by atoms with van der Waals surface area (Å²) in [4.78, 5) is 1.12. The van der Waals surface area contributed by atoms with Gasteiger partial charge < -0.3 is 15.3 Å². The van der Waals surface area contributed by atoms with E-state index in [-0.39, 0.29) is 19.2 Å². The van der Waals surface area contributed by atoms with Crippen LogP contribution in [0.1, 0.15) is 18.5 Å². The summed E-state index contributed by atoms with van der Waals surface area (Å²) in [5.41, 5.74) is 1.46. The minimum atomic E-state index is -4.29. The average Bonchev–Trinajstić information content (AvgIpc) is 2.36. The molecule has 1 atom stereocenters. The summed E-state index contributed by atoms with van der Waals surface area (Å²) in [6, 6.07) is 7.01. The molecule has 0 aliphatic carbocycles. The van der Waals surface area contributed by atoms with Gasteiger partial charge in [-0.05, 0) is 31.7 Å². The molecule has 1 unspecified atom stereocenters. The van der Waals surface area contributed by atoms with Gasteiger partial charge in [-0.1, -0.05) is 12.1 Å². The quantitative estimate of drug-likeness (QED) is 0.837. The van der Waals surface area contributed by atoms with Crippen molar-refractivity contribution >= 4 is 5.69 Å². The summed E-state index contributed by atoms with van der Waals surface area (Å²) in [7, 11) is 1.82. The standard InChI is InChI=1S/C13H19F3N2O/c1-10(17-2)11-3-5-12(6-4-11)18(7-8-19)9-13(14,15)16/h3-6,10,17,19H,7-9H2,1-2H3. The van der Waals surface area contributed by atoms with Crippen LogP contribution in [0.3, 0.4) is 0 Å². The number of benzene rings is 1. The van der Waals surface area contributed by atoms with Crippen molar-refractivity contribution in [3.05, 3.63) is 29.8 Å². The van der Waals surface area contributed by atoms with Crippen molar-refractivity contribution in [2.45, 2.75) is 19.1 Å². The lowest BCUT2D eigenvalue weighted by Crippen LogP contribution is -2.36. The molecule has 0 saturated carbocycles. The maximum absolute atomic E-state index is 12.4. The summed E-state index contributed by atoms with van der Waals surface area (Å²) >= 11 is 0. The van der Waals surface area contributed by atoms with Gasteiger partial charge in [-0.2, -0.15) is 13.2 Å². The molecule has 0 aliphatic rings. The molecule has 3 nitrogen and oxygen atoms in total. The fraction of sp³-hybridized carbons (Fsp3) is 0.538. The third-order valence-electron chi connectivity index (χ3n) is 2.93. The van der Waals surface area contributed by atoms with Crippen LogP contribution in [0.4, 0.5) is 18.9 Å². The van der Waals surface area contributed by atoms with Crippen LogP contribution in [-0.2, 0) is 0 Å². The molecule has 0 heterocycles. The summed E-state index contributed by atoms with van der Waals surface area (Å²) in [5, 5.41) is 11.9. The first-order chi connectivity index (χ1) is 8.87. The molecule has 0 fully saturated rings. The van der Waals surface area contributed by atoms with Crippen molar-refractivity contribution in [2.24, 2.45) is 0 Å². The van der Waals surface area contributed by atoms with E-state index in [1.165, 1.54) is 0 Å². The van der Waals surface area contributed by atoms with Gasteiger partial charge in [0.1, 0.15) is 6.54 Å². The largest absolute Gasteiger partial charge is 0.405 e. The topological polar surface area (TPSA) is 35.5 Å². The Labute approximate surface area is 111 Å². The second kappa shape index (κ2) is 6.77. The Kier molecular flexibility index (Phi) is 5.62. The first-order valence-electron chi connectivity index (χ1n) is 6.07. The first-order valence-corrected chi connectivity index (χ1v) is 6.07. The molecular weight excluding hydrogens is 257 g/mol. The number of aliphatic hydroxyl groups is 1. The summed E-state index contributed by atoms with van der Waals surface area (Å²) in [6.45, 7) is 0.551. The molecule has 0 saturated heterocycles. The van der Waals surface area contributed by atoms with Gasteiger partial charge in [0.05, 0.1) is 6.61 Å². The van der Waals surface area contributed by atoms with Gasteiger partial charge in [0.25, 0.3) is 0 Å². The Morgan fingerprint density at radius 2 is 1.84 bits per heavy atom. The Morgan fingerprint density at radius 3 is 2.26 bits per heavy atom. The van der Waals surface area contributed by atoms with Gasteiger partial charge in [0.15, 0.2) is 0 Å². The van der Waals surface area contributed by atoms with E-state index in [0.717, 1.165) is 10.5 Å². The van der Waals surface area contributed by atoms with Crippen LogP contribution in [0.2, 0.25) is 0 Å². The lowest BCUT2D eigenvalue weighted by atomic mass is 10.1. The predicted octanol–water partition coefficient (Wildman–Crippen LogP) is 2.33. The molecule has 0 spiro atoms. The first kappa shape index (κ1) is 15.8. The van der Waals surface area contributed by atoms with E-state index in [9.17, 15) is 13.2 Å². The number of nitrogens with one attached hydrogen (secondary N) is 1. The van der Waals surface area contributed by atoms with E-state index in [2.05, 4.69) is 5.32 Å². The molecule has 1 rings (SSSR count). The summed E-state index contributed by atoms with van der Waals surface area (Å²) < 4.78 is 37.3. The average molecular weight is 276 g/mol. The van der Waals surface area contributed by atoms with Gasteiger partial charge in [-0.3, -0.25) is 0 Å². The van der Waals surface area contributed by atoms with E-state index < -0.39 is 12.7 Å². The number of hydrogen-bond donors (Lipinski definition) is 2. The van der Waals surface area contributed by atoms with Gasteiger partial charge in [-0.25, -0.2) is 0 Å². The Balaban J connectivity index is 2.85. The van der Waals surface area contributed by atoms with E-state index >= 15 is 0 Å². The van der Waals surface area contributed by atoms with Crippen LogP contribution in [0.15, 0.2) is 24.3 Å². The lowest BCUT2D eigenvalue weighted by molar-refractivity contribution is -0.119. The second-order valence-corrected chi connectivity index (χ2v) is 4.36. The van der Waals surface area contributed by atoms with E-state index in [0.29, 0.717) is 5.69 Å². The third-order valence-corrected chi connectivity index (χ3v) is 2.93. The Hall–Kier alpha value is -1.27. The van der Waals surface area contributed by atoms with E-state index in [1.54, 1.807) is 24.3 Å². The molecule has 2 N–H and O–H groups in total. The van der Waals surface area contributed by atoms with Crippen LogP contribution < -0.4 is 10.2 Å². The maximum Gasteiger partial charge on any atom is 0.405 e. The molecule has 108 valence electrons. The molecule has 0 bridgehead atoms. The minimum absolute atomic E-state index is 0.0412. The van der Waals surface area contributed by atoms with Crippen molar-refractivity contribution in [2.75, 3.05) is 31.6 Å². The highest BCUT2D eigenvalue weighted by atomic mass is 19.4. The smallest absolute Gasteiger partial charge is 0.395 e. The van der Waals surface area contributed by atoms with Gasteiger partial charge in [-0.15, -0.1) is 0 Å². The molecule has 0 aliphatic heterocycles. The van der Waals surface area contributed by atoms with E-state index in [4.69, 9.17) is 5.11 Å². The molecule has 6 heteroatoms. The van der Waals surface area contributed by atoms with Gasteiger partial charge in [0.2, 0.25) is 0 Å². The molecule has 0 amide bonds. The number of halogens is 3. The zero-order valence-corrected chi connectivity index (χ0v) is 11.0. The lowest BCUT2D eigenvalue weighted by Gasteiger charge is -2.25. The number of anilines is 1. The fourth-order valence-electron chi connectivity index (χ4n) is 1.78. The number of hydrogen-bond acceptors (Lipinski definition) is 3. The minimum Gasteiger partial charge on any atom is -0.395 e. The predicted molar refractivity (Wildman–Crippen MR) is 69.3 cm³/mol. The zero-order valence-electron chi connectivity index (χ0n) is 11.0. The fourth-order valence-corrected chi connectivity index (χ4v) is 1.78. The SMILES string of the molecule is CNC(C)c1ccc(N(CCO)CC(F)(F)F)cc1. The van der Waals surface area contributed by atoms with Gasteiger partial charge >= 0.3 is 6.18 Å². The second-order valence-electron chi connectivity index (χ2n) is 4.36. The maximum atomic E-state index is 12.4. The highest BCUT2D eigenvalue weighted by molar-refractivity contribution is 5.48. The van der Waals surface area contributed by atoms with Crippen molar-refractivity contribution < 1.29 is 18.3 Å². The monoisotopic (exact) mass is 276 g/mol. The highest BCUT2D eigenvalue weighted by Gasteiger charge is 2.30. The van der Waals surface area contributed by atoms with E-state index in [1.807, 2.05) is 14.0 Å². The van der Waals surface area contributed by atoms with Crippen molar-refractivity contribution in [1.82, 2.24) is 5.32 Å². The Bertz CT molecular complexity index is 378. The summed E-state index contributed by atoms with van der Waals surface area (Å²) in [5.74, 6) is 0. The van der Waals surface area contributed by atoms with Crippen LogP contribution in [0, 0.1) is 0 Å². The molecule has 19 heavy (non-hydrogen) atoms. The third kappa shape index (κ3) is 5.08. The van der Waals surface area contributed by atoms with Crippen molar-refractivity contribution in [1.29, 1.82) is 0 Å².